The van der Waals surface area contributed by atoms with Crippen LogP contribution in [0.4, 0.5) is 0 Å². The Morgan fingerprint density at radius 2 is 1.40 bits per heavy atom. The lowest BCUT2D eigenvalue weighted by Gasteiger charge is -2.26. The van der Waals surface area contributed by atoms with Crippen molar-refractivity contribution in [3.8, 4) is 11.5 Å². The van der Waals surface area contributed by atoms with Crippen LogP contribution in [-0.2, 0) is 10.2 Å². The lowest BCUT2D eigenvalue weighted by molar-refractivity contribution is 0.263. The number of ether oxygens (including phenoxy) is 3. The molecule has 0 radical (unpaired) electrons. The minimum Gasteiger partial charge on any atom is -0.493 e. The second-order valence-electron chi connectivity index (χ2n) is 7.64. The van der Waals surface area contributed by atoms with Gasteiger partial charge in [0.05, 0.1) is 13.2 Å². The number of benzene rings is 2. The van der Waals surface area contributed by atoms with Gasteiger partial charge in [-0.05, 0) is 41.3 Å². The van der Waals surface area contributed by atoms with E-state index in [0.717, 1.165) is 24.7 Å². The summed E-state index contributed by atoms with van der Waals surface area (Å²) in [5, 5.41) is 0. The minimum absolute atomic E-state index is 0.0747. The molecule has 3 nitrogen and oxygen atoms in total. The standard InChI is InChI=1S/C22H28O3/c1-16(2)13-23-19-9-5-17(6-10-19)22(3,4)18-7-11-20(12-8-18)24-14-21-15-25-21/h5-12,16,21H,13-15H2,1-4H3. The van der Waals surface area contributed by atoms with E-state index in [9.17, 15) is 0 Å². The van der Waals surface area contributed by atoms with Crippen LogP contribution in [0.3, 0.4) is 0 Å². The molecule has 1 aliphatic rings. The Kier molecular flexibility index (Phi) is 5.33. The Bertz CT molecular complexity index is 616. The van der Waals surface area contributed by atoms with Crippen LogP contribution >= 0.6 is 0 Å². The van der Waals surface area contributed by atoms with Gasteiger partial charge in [0.2, 0.25) is 0 Å². The summed E-state index contributed by atoms with van der Waals surface area (Å²) in [6, 6.07) is 16.8. The van der Waals surface area contributed by atoms with Crippen molar-refractivity contribution in [1.82, 2.24) is 0 Å². The van der Waals surface area contributed by atoms with Gasteiger partial charge in [0.15, 0.2) is 0 Å². The van der Waals surface area contributed by atoms with E-state index in [0.29, 0.717) is 12.5 Å². The molecular formula is C22H28O3. The van der Waals surface area contributed by atoms with Crippen LogP contribution in [0.1, 0.15) is 38.8 Å². The van der Waals surface area contributed by atoms with Gasteiger partial charge in [-0.15, -0.1) is 0 Å². The third-order valence-corrected chi connectivity index (χ3v) is 4.57. The molecule has 134 valence electrons. The fourth-order valence-corrected chi connectivity index (χ4v) is 2.72. The molecule has 2 aromatic rings. The highest BCUT2D eigenvalue weighted by molar-refractivity contribution is 5.41. The number of epoxide rings is 1. The lowest BCUT2D eigenvalue weighted by atomic mass is 9.78. The zero-order valence-corrected chi connectivity index (χ0v) is 15.6. The Balaban J connectivity index is 1.66. The van der Waals surface area contributed by atoms with Crippen molar-refractivity contribution in [2.75, 3.05) is 19.8 Å². The van der Waals surface area contributed by atoms with Crippen LogP contribution in [0.25, 0.3) is 0 Å². The second kappa shape index (κ2) is 7.49. The molecule has 1 atom stereocenters. The van der Waals surface area contributed by atoms with Crippen LogP contribution in [0.5, 0.6) is 11.5 Å². The van der Waals surface area contributed by atoms with E-state index in [4.69, 9.17) is 14.2 Å². The van der Waals surface area contributed by atoms with Gasteiger partial charge in [0.25, 0.3) is 0 Å². The van der Waals surface area contributed by atoms with E-state index in [-0.39, 0.29) is 11.5 Å². The highest BCUT2D eigenvalue weighted by Gasteiger charge is 2.24. The average molecular weight is 340 g/mol. The summed E-state index contributed by atoms with van der Waals surface area (Å²) in [4.78, 5) is 0. The molecule has 2 aromatic carbocycles. The zero-order valence-electron chi connectivity index (χ0n) is 15.6. The summed E-state index contributed by atoms with van der Waals surface area (Å²) in [5.74, 6) is 2.36. The summed E-state index contributed by atoms with van der Waals surface area (Å²) in [5.41, 5.74) is 2.46. The van der Waals surface area contributed by atoms with Crippen molar-refractivity contribution >= 4 is 0 Å². The summed E-state index contributed by atoms with van der Waals surface area (Å²) >= 11 is 0. The molecule has 0 N–H and O–H groups in total. The third kappa shape index (κ3) is 4.76. The largest absolute Gasteiger partial charge is 0.493 e. The van der Waals surface area contributed by atoms with E-state index in [1.165, 1.54) is 11.1 Å². The van der Waals surface area contributed by atoms with Gasteiger partial charge in [-0.2, -0.15) is 0 Å². The lowest BCUT2D eigenvalue weighted by Crippen LogP contribution is -2.18. The Hall–Kier alpha value is -2.00. The van der Waals surface area contributed by atoms with Gasteiger partial charge in [0, 0.05) is 5.41 Å². The topological polar surface area (TPSA) is 31.0 Å². The predicted octanol–water partition coefficient (Wildman–Crippen LogP) is 4.82. The predicted molar refractivity (Wildman–Crippen MR) is 101 cm³/mol. The molecule has 1 heterocycles. The number of hydrogen-bond acceptors (Lipinski definition) is 3. The quantitative estimate of drug-likeness (QED) is 0.645. The number of hydrogen-bond donors (Lipinski definition) is 0. The highest BCUT2D eigenvalue weighted by Crippen LogP contribution is 2.33. The fraction of sp³-hybridized carbons (Fsp3) is 0.455. The molecule has 1 saturated heterocycles. The van der Waals surface area contributed by atoms with Crippen LogP contribution < -0.4 is 9.47 Å². The van der Waals surface area contributed by atoms with Crippen molar-refractivity contribution in [3.63, 3.8) is 0 Å². The van der Waals surface area contributed by atoms with E-state index in [2.05, 4.69) is 64.1 Å². The second-order valence-corrected chi connectivity index (χ2v) is 7.64. The summed E-state index contributed by atoms with van der Waals surface area (Å²) in [6.07, 6.45) is 0.285. The molecular weight excluding hydrogens is 312 g/mol. The minimum atomic E-state index is -0.0747. The van der Waals surface area contributed by atoms with Crippen LogP contribution in [-0.4, -0.2) is 25.9 Å². The summed E-state index contributed by atoms with van der Waals surface area (Å²) in [7, 11) is 0. The first kappa shape index (κ1) is 17.8. The monoisotopic (exact) mass is 340 g/mol. The van der Waals surface area contributed by atoms with Gasteiger partial charge in [-0.3, -0.25) is 0 Å². The van der Waals surface area contributed by atoms with E-state index in [1.807, 2.05) is 12.1 Å². The average Bonchev–Trinajstić information content (AvgIpc) is 3.43. The fourth-order valence-electron chi connectivity index (χ4n) is 2.72. The SMILES string of the molecule is CC(C)COc1ccc(C(C)(C)c2ccc(OCC3CO3)cc2)cc1. The van der Waals surface area contributed by atoms with Crippen molar-refractivity contribution in [2.24, 2.45) is 5.92 Å². The molecule has 0 aliphatic carbocycles. The Labute approximate surface area is 150 Å². The number of rotatable bonds is 8. The Morgan fingerprint density at radius 3 is 1.84 bits per heavy atom. The first-order chi connectivity index (χ1) is 11.9. The maximum absolute atomic E-state index is 5.78. The molecule has 0 spiro atoms. The van der Waals surface area contributed by atoms with Crippen molar-refractivity contribution < 1.29 is 14.2 Å². The zero-order chi connectivity index (χ0) is 17.9. The molecule has 0 amide bonds. The van der Waals surface area contributed by atoms with Gasteiger partial charge in [-0.1, -0.05) is 52.0 Å². The van der Waals surface area contributed by atoms with E-state index in [1.54, 1.807) is 0 Å². The third-order valence-electron chi connectivity index (χ3n) is 4.57. The van der Waals surface area contributed by atoms with Gasteiger partial charge in [0.1, 0.15) is 24.2 Å². The van der Waals surface area contributed by atoms with Crippen LogP contribution in [0.2, 0.25) is 0 Å². The molecule has 1 fully saturated rings. The van der Waals surface area contributed by atoms with E-state index >= 15 is 0 Å². The maximum Gasteiger partial charge on any atom is 0.119 e. The highest BCUT2D eigenvalue weighted by atomic mass is 16.6. The molecule has 3 rings (SSSR count). The summed E-state index contributed by atoms with van der Waals surface area (Å²) < 4.78 is 16.7. The van der Waals surface area contributed by atoms with Crippen LogP contribution in [0.15, 0.2) is 48.5 Å². The smallest absolute Gasteiger partial charge is 0.119 e. The molecule has 1 aliphatic heterocycles. The van der Waals surface area contributed by atoms with Crippen molar-refractivity contribution in [1.29, 1.82) is 0 Å². The summed E-state index contributed by atoms with van der Waals surface area (Å²) in [6.45, 7) is 11.0. The molecule has 1 unspecified atom stereocenters. The van der Waals surface area contributed by atoms with Gasteiger partial charge in [-0.25, -0.2) is 0 Å². The molecule has 0 aromatic heterocycles. The van der Waals surface area contributed by atoms with Gasteiger partial charge >= 0.3 is 0 Å². The molecule has 3 heteroatoms. The normalized spacial score (nSPS) is 16.8. The maximum atomic E-state index is 5.78. The molecule has 0 saturated carbocycles. The van der Waals surface area contributed by atoms with Crippen molar-refractivity contribution in [3.05, 3.63) is 59.7 Å². The first-order valence-corrected chi connectivity index (χ1v) is 9.03. The molecule has 25 heavy (non-hydrogen) atoms. The van der Waals surface area contributed by atoms with Crippen LogP contribution in [0, 0.1) is 5.92 Å². The first-order valence-electron chi connectivity index (χ1n) is 9.03. The molecule has 0 bridgehead atoms. The van der Waals surface area contributed by atoms with Gasteiger partial charge < -0.3 is 14.2 Å². The van der Waals surface area contributed by atoms with E-state index < -0.39 is 0 Å². The Morgan fingerprint density at radius 1 is 0.920 bits per heavy atom. The van der Waals surface area contributed by atoms with Crippen molar-refractivity contribution in [2.45, 2.75) is 39.2 Å².